The third kappa shape index (κ3) is 4.29. The number of nitrogens with one attached hydrogen (secondary N) is 1. The van der Waals surface area contributed by atoms with Crippen molar-refractivity contribution in [2.45, 2.75) is 0 Å². The van der Waals surface area contributed by atoms with Crippen molar-refractivity contribution < 1.29 is 36.3 Å². The molecular weight excluding hydrogens is 407 g/mol. The summed E-state index contributed by atoms with van der Waals surface area (Å²) in [6, 6.07) is 7.69. The molecule has 0 radical (unpaired) electrons. The Morgan fingerprint density at radius 3 is 2.38 bits per heavy atom. The molecule has 0 aliphatic heterocycles. The van der Waals surface area contributed by atoms with Crippen molar-refractivity contribution >= 4 is 38.7 Å². The number of carbonyl (C=O) groups excluding carboxylic acids is 2. The van der Waals surface area contributed by atoms with Gasteiger partial charge in [-0.05, 0) is 30.3 Å². The molecule has 3 aromatic rings. The molecule has 2 aromatic carbocycles. The summed E-state index contributed by atoms with van der Waals surface area (Å²) in [4.78, 5) is 23.6. The molecule has 0 aliphatic carbocycles. The molecule has 3 rings (SSSR count). The minimum absolute atomic E-state index is 0.0233. The van der Waals surface area contributed by atoms with Crippen LogP contribution in [0.2, 0.25) is 0 Å². The number of benzene rings is 2. The summed E-state index contributed by atoms with van der Waals surface area (Å²) in [5.74, 6) is -1.54. The fourth-order valence-corrected chi connectivity index (χ4v) is 3.28. The van der Waals surface area contributed by atoms with Crippen LogP contribution in [0.4, 0.5) is 14.9 Å². The van der Waals surface area contributed by atoms with Crippen molar-refractivity contribution in [2.75, 3.05) is 18.1 Å². The van der Waals surface area contributed by atoms with Crippen molar-refractivity contribution in [1.82, 2.24) is 0 Å². The molecule has 3 N–H and O–H groups in total. The largest absolute Gasteiger partial charge is 0.495 e. The first kappa shape index (κ1) is 20.1. The van der Waals surface area contributed by atoms with Crippen LogP contribution in [0.1, 0.15) is 10.4 Å². The normalized spacial score (nSPS) is 11.3. The Balaban J connectivity index is 2.29. The zero-order chi connectivity index (χ0) is 21.3. The summed E-state index contributed by atoms with van der Waals surface area (Å²) >= 11 is 0. The molecule has 11 heteroatoms. The van der Waals surface area contributed by atoms with Gasteiger partial charge in [-0.3, -0.25) is 4.72 Å². The number of amides is 1. The number of hydrogen-bond donors (Lipinski definition) is 2. The van der Waals surface area contributed by atoms with Crippen molar-refractivity contribution in [3.63, 3.8) is 0 Å². The van der Waals surface area contributed by atoms with Crippen LogP contribution in [-0.4, -0.2) is 33.8 Å². The van der Waals surface area contributed by atoms with Gasteiger partial charge in [-0.15, -0.1) is 0 Å². The number of primary amides is 1. The number of carbonyl (C=O) groups is 2. The molecule has 1 heterocycles. The highest BCUT2D eigenvalue weighted by Gasteiger charge is 2.26. The van der Waals surface area contributed by atoms with Gasteiger partial charge in [0.05, 0.1) is 19.1 Å². The zero-order valence-electron chi connectivity index (χ0n) is 15.2. The molecular formula is C18H15FN2O7S. The van der Waals surface area contributed by atoms with Gasteiger partial charge in [-0.1, -0.05) is 0 Å². The minimum Gasteiger partial charge on any atom is -0.495 e. The predicted octanol–water partition coefficient (Wildman–Crippen LogP) is 2.85. The van der Waals surface area contributed by atoms with E-state index in [4.69, 9.17) is 14.9 Å². The number of rotatable bonds is 5. The molecule has 0 unspecified atom stereocenters. The predicted molar refractivity (Wildman–Crippen MR) is 102 cm³/mol. The monoisotopic (exact) mass is 422 g/mol. The highest BCUT2D eigenvalue weighted by atomic mass is 32.2. The second-order valence-electron chi connectivity index (χ2n) is 5.94. The maximum atomic E-state index is 13.3. The highest BCUT2D eigenvalue weighted by molar-refractivity contribution is 7.92. The number of fused-ring (bicyclic) bond motifs is 1. The van der Waals surface area contributed by atoms with Gasteiger partial charge >= 0.3 is 12.1 Å². The number of anilines is 1. The van der Waals surface area contributed by atoms with E-state index in [1.165, 1.54) is 31.4 Å². The molecule has 29 heavy (non-hydrogen) atoms. The van der Waals surface area contributed by atoms with Gasteiger partial charge in [0, 0.05) is 17.0 Å². The molecule has 0 saturated carbocycles. The van der Waals surface area contributed by atoms with E-state index in [0.29, 0.717) is 5.56 Å². The van der Waals surface area contributed by atoms with Crippen LogP contribution in [0.25, 0.3) is 22.3 Å². The number of ether oxygens (including phenoxy) is 2. The third-order valence-electron chi connectivity index (χ3n) is 3.81. The van der Waals surface area contributed by atoms with Crippen LogP contribution in [-0.2, 0) is 14.8 Å². The molecule has 0 saturated heterocycles. The topological polar surface area (TPSA) is 138 Å². The van der Waals surface area contributed by atoms with E-state index < -0.39 is 27.9 Å². The lowest BCUT2D eigenvalue weighted by atomic mass is 10.0. The third-order valence-corrected chi connectivity index (χ3v) is 4.40. The fourth-order valence-electron chi connectivity index (χ4n) is 2.72. The lowest BCUT2D eigenvalue weighted by molar-refractivity contribution is 0.0640. The number of furan rings is 1. The van der Waals surface area contributed by atoms with Crippen LogP contribution in [0, 0.1) is 5.82 Å². The molecule has 0 spiro atoms. The number of methoxy groups -OCH3 is 1. The summed E-state index contributed by atoms with van der Waals surface area (Å²) in [7, 11) is -2.33. The van der Waals surface area contributed by atoms with Crippen LogP contribution < -0.4 is 15.2 Å². The quantitative estimate of drug-likeness (QED) is 0.476. The van der Waals surface area contributed by atoms with Gasteiger partial charge < -0.3 is 19.6 Å². The van der Waals surface area contributed by atoms with Gasteiger partial charge in [0.25, 0.3) is 0 Å². The summed E-state index contributed by atoms with van der Waals surface area (Å²) in [5.41, 5.74) is 5.25. The number of hydrogen-bond acceptors (Lipinski definition) is 7. The maximum Gasteiger partial charge on any atom is 0.412 e. The highest BCUT2D eigenvalue weighted by Crippen LogP contribution is 2.39. The Hall–Kier alpha value is -3.60. The Kier molecular flexibility index (Phi) is 5.16. The number of sulfonamides is 1. The van der Waals surface area contributed by atoms with Crippen LogP contribution in [0.3, 0.4) is 0 Å². The number of nitrogens with two attached hydrogens (primary N) is 1. The fraction of sp³-hybridized carbons (Fsp3) is 0.111. The molecule has 0 fully saturated rings. The van der Waals surface area contributed by atoms with E-state index in [1.807, 2.05) is 0 Å². The lowest BCUT2D eigenvalue weighted by Gasteiger charge is -2.09. The number of halogens is 1. The first-order valence-corrected chi connectivity index (χ1v) is 9.88. The first-order valence-electron chi connectivity index (χ1n) is 7.99. The van der Waals surface area contributed by atoms with Gasteiger partial charge in [0.1, 0.15) is 28.5 Å². The van der Waals surface area contributed by atoms with Crippen molar-refractivity contribution in [3.05, 3.63) is 47.8 Å². The molecule has 1 aromatic heterocycles. The number of esters is 1. The Morgan fingerprint density at radius 2 is 1.83 bits per heavy atom. The van der Waals surface area contributed by atoms with Gasteiger partial charge in [0.15, 0.2) is 0 Å². The smallest absolute Gasteiger partial charge is 0.412 e. The first-order chi connectivity index (χ1) is 13.6. The average Bonchev–Trinajstić information content (AvgIpc) is 2.98. The van der Waals surface area contributed by atoms with Gasteiger partial charge in [0.2, 0.25) is 10.0 Å². The lowest BCUT2D eigenvalue weighted by Crippen LogP contribution is -2.18. The second kappa shape index (κ2) is 7.43. The molecule has 1 amide bonds. The van der Waals surface area contributed by atoms with E-state index in [2.05, 4.69) is 9.46 Å². The second-order valence-corrected chi connectivity index (χ2v) is 7.69. The molecule has 0 atom stereocenters. The standard InChI is InChI=1S/C18H15FN2O7S/c1-26-14-7-11-13(8-12(14)21-29(2,24)25)27-16(9-3-5-10(19)6-4-9)15(11)17(22)28-18(20)23/h3-8,21H,1-2H3,(H2,20,23). The maximum absolute atomic E-state index is 13.3. The SMILES string of the molecule is COc1cc2c(C(=O)OC(N)=O)c(-c3ccc(F)cc3)oc2cc1NS(C)(=O)=O. The minimum atomic E-state index is -3.64. The molecule has 0 aliphatic rings. The van der Waals surface area contributed by atoms with E-state index in [1.54, 1.807) is 0 Å². The Labute approximate surface area is 164 Å². The Morgan fingerprint density at radius 1 is 1.17 bits per heavy atom. The van der Waals surface area contributed by atoms with Crippen LogP contribution in [0.5, 0.6) is 5.75 Å². The van der Waals surface area contributed by atoms with E-state index in [9.17, 15) is 22.4 Å². The summed E-state index contributed by atoms with van der Waals surface area (Å²) in [6.07, 6.45) is -0.366. The Bertz CT molecular complexity index is 1220. The van der Waals surface area contributed by atoms with Crippen molar-refractivity contribution in [3.8, 4) is 17.1 Å². The van der Waals surface area contributed by atoms with Gasteiger partial charge in [-0.25, -0.2) is 22.4 Å². The van der Waals surface area contributed by atoms with E-state index in [-0.39, 0.29) is 33.7 Å². The van der Waals surface area contributed by atoms with Gasteiger partial charge in [-0.2, -0.15) is 0 Å². The zero-order valence-corrected chi connectivity index (χ0v) is 16.0. The summed E-state index contributed by atoms with van der Waals surface area (Å²) in [5, 5.41) is 0.173. The summed E-state index contributed by atoms with van der Waals surface area (Å²) in [6.45, 7) is 0. The molecule has 0 bridgehead atoms. The van der Waals surface area contributed by atoms with E-state index >= 15 is 0 Å². The van der Waals surface area contributed by atoms with E-state index in [0.717, 1.165) is 18.4 Å². The van der Waals surface area contributed by atoms with Crippen LogP contribution in [0.15, 0.2) is 40.8 Å². The summed E-state index contributed by atoms with van der Waals surface area (Å²) < 4.78 is 54.2. The van der Waals surface area contributed by atoms with Crippen LogP contribution >= 0.6 is 0 Å². The molecule has 9 nitrogen and oxygen atoms in total. The molecule has 152 valence electrons. The average molecular weight is 422 g/mol. The van der Waals surface area contributed by atoms with Crippen molar-refractivity contribution in [2.24, 2.45) is 5.73 Å². The van der Waals surface area contributed by atoms with Crippen molar-refractivity contribution in [1.29, 1.82) is 0 Å².